The Labute approximate surface area is 161 Å². The van der Waals surface area contributed by atoms with Crippen LogP contribution in [0, 0.1) is 13.8 Å². The molecule has 3 fully saturated rings. The number of aromatic nitrogens is 1. The van der Waals surface area contributed by atoms with Crippen LogP contribution in [-0.4, -0.2) is 64.9 Å². The van der Waals surface area contributed by atoms with E-state index >= 15 is 0 Å². The van der Waals surface area contributed by atoms with Crippen LogP contribution in [-0.2, 0) is 9.59 Å². The molecule has 0 radical (unpaired) electrons. The van der Waals surface area contributed by atoms with Gasteiger partial charge in [-0.25, -0.2) is 0 Å². The van der Waals surface area contributed by atoms with Crippen molar-refractivity contribution in [2.75, 3.05) is 32.7 Å². The molecule has 3 aliphatic rings. The molecule has 0 atom stereocenters. The van der Waals surface area contributed by atoms with Gasteiger partial charge in [-0.05, 0) is 57.2 Å². The minimum atomic E-state index is 0.0632. The number of rotatable bonds is 6. The van der Waals surface area contributed by atoms with E-state index in [2.05, 4.69) is 34.7 Å². The first-order chi connectivity index (χ1) is 13.0. The molecule has 6 heteroatoms. The summed E-state index contributed by atoms with van der Waals surface area (Å²) in [6.45, 7) is 7.61. The highest BCUT2D eigenvalue weighted by molar-refractivity contribution is 5.92. The summed E-state index contributed by atoms with van der Waals surface area (Å²) in [6.07, 6.45) is 8.42. The van der Waals surface area contributed by atoms with E-state index < -0.39 is 0 Å². The summed E-state index contributed by atoms with van der Waals surface area (Å²) in [6, 6.07) is 3.24. The van der Waals surface area contributed by atoms with Gasteiger partial charge in [-0.3, -0.25) is 14.5 Å². The van der Waals surface area contributed by atoms with Gasteiger partial charge in [0.2, 0.25) is 11.8 Å². The van der Waals surface area contributed by atoms with Gasteiger partial charge < -0.3 is 14.8 Å². The first-order valence-electron chi connectivity index (χ1n) is 10.2. The molecule has 2 aliphatic carbocycles. The average Bonchev–Trinajstić information content (AvgIpc) is 3.55. The molecule has 4 rings (SSSR count). The van der Waals surface area contributed by atoms with E-state index in [0.29, 0.717) is 31.7 Å². The lowest BCUT2D eigenvalue weighted by Gasteiger charge is -2.33. The van der Waals surface area contributed by atoms with Crippen molar-refractivity contribution in [3.8, 4) is 0 Å². The molecule has 2 amide bonds. The second-order valence-electron chi connectivity index (χ2n) is 8.20. The normalized spacial score (nSPS) is 21.0. The van der Waals surface area contributed by atoms with E-state index in [1.807, 2.05) is 11.0 Å². The van der Waals surface area contributed by atoms with Crippen LogP contribution < -0.4 is 5.32 Å². The van der Waals surface area contributed by atoms with Gasteiger partial charge in [0.15, 0.2) is 0 Å². The molecule has 2 heterocycles. The van der Waals surface area contributed by atoms with Crippen molar-refractivity contribution in [1.82, 2.24) is 19.7 Å². The fraction of sp³-hybridized carbons (Fsp3) is 0.619. The highest BCUT2D eigenvalue weighted by atomic mass is 16.2. The van der Waals surface area contributed by atoms with E-state index in [-0.39, 0.29) is 11.8 Å². The minimum Gasteiger partial charge on any atom is -0.352 e. The topological polar surface area (TPSA) is 57.6 Å². The second kappa shape index (κ2) is 7.50. The average molecular weight is 370 g/mol. The quantitative estimate of drug-likeness (QED) is 0.778. The van der Waals surface area contributed by atoms with Crippen LogP contribution in [0.2, 0.25) is 0 Å². The van der Waals surface area contributed by atoms with Gasteiger partial charge in [0.25, 0.3) is 0 Å². The monoisotopic (exact) mass is 370 g/mol. The number of amides is 2. The van der Waals surface area contributed by atoms with Crippen LogP contribution in [0.25, 0.3) is 6.08 Å². The number of aryl methyl sites for hydroxylation is 1. The van der Waals surface area contributed by atoms with Gasteiger partial charge >= 0.3 is 0 Å². The Balaban J connectivity index is 1.27. The highest BCUT2D eigenvalue weighted by Gasteiger charge is 2.27. The van der Waals surface area contributed by atoms with Crippen molar-refractivity contribution in [1.29, 1.82) is 0 Å². The molecule has 146 valence electrons. The molecule has 0 bridgehead atoms. The molecule has 0 spiro atoms. The van der Waals surface area contributed by atoms with Gasteiger partial charge in [0, 0.05) is 55.7 Å². The SMILES string of the molecule is Cc1cc(C=CC(=O)N2CCN(CC(=O)NC3CC3)CC2)c(C)n1C1CC1. The standard InChI is InChI=1S/C21H30N4O2/c1-15-13-17(16(2)25(15)19-6-7-19)3-8-21(27)24-11-9-23(10-12-24)14-20(26)22-18-4-5-18/h3,8,13,18-19H,4-7,9-12,14H2,1-2H3,(H,22,26). The first kappa shape index (κ1) is 18.3. The first-order valence-corrected chi connectivity index (χ1v) is 10.2. The third-order valence-electron chi connectivity index (χ3n) is 5.83. The molecule has 1 aliphatic heterocycles. The van der Waals surface area contributed by atoms with E-state index in [1.54, 1.807) is 6.08 Å². The molecule has 1 aromatic heterocycles. The minimum absolute atomic E-state index is 0.0632. The number of piperazine rings is 1. The third-order valence-corrected chi connectivity index (χ3v) is 5.83. The second-order valence-corrected chi connectivity index (χ2v) is 8.20. The van der Waals surface area contributed by atoms with E-state index in [9.17, 15) is 9.59 Å². The Kier molecular flexibility index (Phi) is 5.08. The Hall–Kier alpha value is -2.08. The molecule has 2 saturated carbocycles. The zero-order chi connectivity index (χ0) is 19.0. The highest BCUT2D eigenvalue weighted by Crippen LogP contribution is 2.38. The Bertz CT molecular complexity index is 750. The van der Waals surface area contributed by atoms with Crippen LogP contribution in [0.4, 0.5) is 0 Å². The summed E-state index contributed by atoms with van der Waals surface area (Å²) < 4.78 is 2.40. The van der Waals surface area contributed by atoms with Gasteiger partial charge in [0.1, 0.15) is 0 Å². The number of carbonyl (C=O) groups excluding carboxylic acids is 2. The largest absolute Gasteiger partial charge is 0.352 e. The van der Waals surface area contributed by atoms with Crippen LogP contribution in [0.3, 0.4) is 0 Å². The maximum Gasteiger partial charge on any atom is 0.246 e. The summed E-state index contributed by atoms with van der Waals surface area (Å²) in [5.74, 6) is 0.177. The summed E-state index contributed by atoms with van der Waals surface area (Å²) in [4.78, 5) is 28.5. The van der Waals surface area contributed by atoms with Gasteiger partial charge in [-0.15, -0.1) is 0 Å². The van der Waals surface area contributed by atoms with E-state index in [4.69, 9.17) is 0 Å². The van der Waals surface area contributed by atoms with Crippen molar-refractivity contribution >= 4 is 17.9 Å². The van der Waals surface area contributed by atoms with Crippen molar-refractivity contribution in [3.05, 3.63) is 29.1 Å². The Morgan fingerprint density at radius 3 is 2.44 bits per heavy atom. The van der Waals surface area contributed by atoms with Crippen molar-refractivity contribution in [2.45, 2.75) is 51.6 Å². The lowest BCUT2D eigenvalue weighted by molar-refractivity contribution is -0.128. The Morgan fingerprint density at radius 1 is 1.11 bits per heavy atom. The molecule has 1 N–H and O–H groups in total. The summed E-state index contributed by atoms with van der Waals surface area (Å²) in [5, 5.41) is 3.02. The smallest absolute Gasteiger partial charge is 0.246 e. The lowest BCUT2D eigenvalue weighted by atomic mass is 10.2. The molecule has 0 aromatic carbocycles. The van der Waals surface area contributed by atoms with Crippen LogP contribution in [0.15, 0.2) is 12.1 Å². The predicted octanol–water partition coefficient (Wildman–Crippen LogP) is 1.88. The maximum atomic E-state index is 12.5. The lowest BCUT2D eigenvalue weighted by Crippen LogP contribution is -2.51. The molecule has 27 heavy (non-hydrogen) atoms. The molecule has 1 aromatic rings. The number of hydrogen-bond donors (Lipinski definition) is 1. The number of hydrogen-bond acceptors (Lipinski definition) is 3. The summed E-state index contributed by atoms with van der Waals surface area (Å²) >= 11 is 0. The summed E-state index contributed by atoms with van der Waals surface area (Å²) in [5.41, 5.74) is 3.67. The number of nitrogens with one attached hydrogen (secondary N) is 1. The van der Waals surface area contributed by atoms with Gasteiger partial charge in [0.05, 0.1) is 6.54 Å². The molecule has 1 saturated heterocycles. The van der Waals surface area contributed by atoms with Crippen molar-refractivity contribution in [3.63, 3.8) is 0 Å². The number of nitrogens with zero attached hydrogens (tertiary/aromatic N) is 3. The molecule has 6 nitrogen and oxygen atoms in total. The Morgan fingerprint density at radius 2 is 1.81 bits per heavy atom. The van der Waals surface area contributed by atoms with E-state index in [1.165, 1.54) is 24.2 Å². The van der Waals surface area contributed by atoms with Crippen molar-refractivity contribution < 1.29 is 9.59 Å². The van der Waals surface area contributed by atoms with Gasteiger partial charge in [-0.1, -0.05) is 0 Å². The van der Waals surface area contributed by atoms with Crippen LogP contribution in [0.5, 0.6) is 0 Å². The zero-order valence-electron chi connectivity index (χ0n) is 16.4. The fourth-order valence-corrected chi connectivity index (χ4v) is 3.96. The van der Waals surface area contributed by atoms with Gasteiger partial charge in [-0.2, -0.15) is 0 Å². The van der Waals surface area contributed by atoms with E-state index in [0.717, 1.165) is 31.5 Å². The zero-order valence-corrected chi connectivity index (χ0v) is 16.4. The van der Waals surface area contributed by atoms with Crippen LogP contribution >= 0.6 is 0 Å². The van der Waals surface area contributed by atoms with Crippen molar-refractivity contribution in [2.24, 2.45) is 0 Å². The third kappa shape index (κ3) is 4.43. The summed E-state index contributed by atoms with van der Waals surface area (Å²) in [7, 11) is 0. The maximum absolute atomic E-state index is 12.5. The van der Waals surface area contributed by atoms with Crippen LogP contribution in [0.1, 0.15) is 48.7 Å². The molecular formula is C21H30N4O2. The fourth-order valence-electron chi connectivity index (χ4n) is 3.96. The molecule has 0 unspecified atom stereocenters. The molecular weight excluding hydrogens is 340 g/mol. The number of carbonyl (C=O) groups is 2. The predicted molar refractivity (Wildman–Crippen MR) is 105 cm³/mol.